The molecule has 136 valence electrons. The first-order valence-corrected chi connectivity index (χ1v) is 9.37. The summed E-state index contributed by atoms with van der Waals surface area (Å²) in [6, 6.07) is 0. The van der Waals surface area contributed by atoms with Gasteiger partial charge in [-0.2, -0.15) is 0 Å². The first-order valence-electron chi connectivity index (χ1n) is 9.37. The second-order valence-electron chi connectivity index (χ2n) is 7.34. The summed E-state index contributed by atoms with van der Waals surface area (Å²) in [6.45, 7) is 10.8. The van der Waals surface area contributed by atoms with Crippen molar-refractivity contribution in [3.05, 3.63) is 35.3 Å². The van der Waals surface area contributed by atoms with Crippen molar-refractivity contribution in [2.75, 3.05) is 34.2 Å². The Morgan fingerprint density at radius 2 is 2.21 bits per heavy atom. The fourth-order valence-electron chi connectivity index (χ4n) is 4.07. The van der Waals surface area contributed by atoms with Crippen molar-refractivity contribution < 1.29 is 0 Å². The van der Waals surface area contributed by atoms with Gasteiger partial charge in [-0.15, -0.1) is 0 Å². The average Bonchev–Trinajstić information content (AvgIpc) is 3.11. The lowest BCUT2D eigenvalue weighted by atomic mass is 9.91. The lowest BCUT2D eigenvalue weighted by Crippen LogP contribution is -2.33. The Hall–Kier alpha value is -1.42. The van der Waals surface area contributed by atoms with E-state index in [0.29, 0.717) is 12.1 Å². The Labute approximate surface area is 148 Å². The van der Waals surface area contributed by atoms with Gasteiger partial charge in [0.15, 0.2) is 0 Å². The molecular formula is C20H36N4. The minimum absolute atomic E-state index is 0.551. The van der Waals surface area contributed by atoms with Crippen LogP contribution in [0.3, 0.4) is 0 Å². The summed E-state index contributed by atoms with van der Waals surface area (Å²) in [7, 11) is 6.27. The minimum Gasteiger partial charge on any atom is -0.381 e. The largest absolute Gasteiger partial charge is 0.381 e. The number of rotatable bonds is 9. The molecule has 0 aliphatic carbocycles. The van der Waals surface area contributed by atoms with Gasteiger partial charge in [-0.1, -0.05) is 12.7 Å². The van der Waals surface area contributed by atoms with Crippen LogP contribution >= 0.6 is 0 Å². The molecule has 0 aromatic rings. The minimum atomic E-state index is 0.551. The Bertz CT molecular complexity index is 504. The molecule has 0 saturated carbocycles. The summed E-state index contributed by atoms with van der Waals surface area (Å²) in [5.74, 6) is 0.609. The number of hydrogen-bond acceptors (Lipinski definition) is 4. The molecule has 2 aliphatic rings. The van der Waals surface area contributed by atoms with E-state index in [9.17, 15) is 0 Å². The molecule has 2 atom stereocenters. The molecule has 0 aromatic carbocycles. The highest BCUT2D eigenvalue weighted by atomic mass is 15.3. The topological polar surface area (TPSA) is 30.5 Å². The van der Waals surface area contributed by atoms with E-state index >= 15 is 0 Å². The molecule has 4 nitrogen and oxygen atoms in total. The van der Waals surface area contributed by atoms with Crippen LogP contribution in [-0.4, -0.2) is 50.2 Å². The third-order valence-corrected chi connectivity index (χ3v) is 5.60. The van der Waals surface area contributed by atoms with Gasteiger partial charge in [0.2, 0.25) is 0 Å². The molecule has 1 saturated heterocycles. The molecule has 2 N–H and O–H groups in total. The summed E-state index contributed by atoms with van der Waals surface area (Å²) in [6.07, 6.45) is 8.65. The maximum atomic E-state index is 4.04. The molecule has 4 heteroatoms. The van der Waals surface area contributed by atoms with Crippen LogP contribution in [0.4, 0.5) is 0 Å². The van der Waals surface area contributed by atoms with Crippen LogP contribution in [0.2, 0.25) is 0 Å². The van der Waals surface area contributed by atoms with Gasteiger partial charge in [0.05, 0.1) is 6.17 Å². The van der Waals surface area contributed by atoms with Gasteiger partial charge in [-0.3, -0.25) is 0 Å². The van der Waals surface area contributed by atoms with Gasteiger partial charge < -0.3 is 20.4 Å². The molecule has 2 heterocycles. The SMILES string of the molecule is C=C/C(CCC(CCNC)C1=C(C)NC2CCCN12)=C(/C)N(C)C. The monoisotopic (exact) mass is 332 g/mol. The van der Waals surface area contributed by atoms with E-state index in [-0.39, 0.29) is 0 Å². The highest BCUT2D eigenvalue weighted by molar-refractivity contribution is 5.25. The Balaban J connectivity index is 2.13. The number of nitrogens with zero attached hydrogens (tertiary/aromatic N) is 2. The van der Waals surface area contributed by atoms with Crippen molar-refractivity contribution in [1.82, 2.24) is 20.4 Å². The van der Waals surface area contributed by atoms with Crippen LogP contribution < -0.4 is 10.6 Å². The van der Waals surface area contributed by atoms with Gasteiger partial charge in [0.25, 0.3) is 0 Å². The molecule has 2 rings (SSSR count). The zero-order chi connectivity index (χ0) is 17.7. The standard InChI is InChI=1S/C20H36N4/c1-7-17(16(3)23(5)6)10-11-18(12-13-21-4)20-15(2)22-19-9-8-14-24(19)20/h7,18-19,21-22H,1,8-14H2,2-6H3/b17-16+. The third-order valence-electron chi connectivity index (χ3n) is 5.60. The summed E-state index contributed by atoms with van der Waals surface area (Å²) < 4.78 is 0. The maximum absolute atomic E-state index is 4.04. The second kappa shape index (κ2) is 8.61. The fraction of sp³-hybridized carbons (Fsp3) is 0.700. The Morgan fingerprint density at radius 3 is 2.83 bits per heavy atom. The number of nitrogens with one attached hydrogen (secondary N) is 2. The van der Waals surface area contributed by atoms with Crippen LogP contribution in [0, 0.1) is 5.92 Å². The molecule has 0 amide bonds. The highest BCUT2D eigenvalue weighted by Gasteiger charge is 2.36. The van der Waals surface area contributed by atoms with E-state index in [1.54, 1.807) is 5.70 Å². The molecule has 2 unspecified atom stereocenters. The summed E-state index contributed by atoms with van der Waals surface area (Å²) >= 11 is 0. The molecule has 0 spiro atoms. The zero-order valence-corrected chi connectivity index (χ0v) is 16.3. The molecule has 24 heavy (non-hydrogen) atoms. The Kier molecular flexibility index (Phi) is 6.79. The van der Waals surface area contributed by atoms with Crippen LogP contribution in [-0.2, 0) is 0 Å². The second-order valence-corrected chi connectivity index (χ2v) is 7.34. The van der Waals surface area contributed by atoms with E-state index in [1.165, 1.54) is 49.2 Å². The average molecular weight is 333 g/mol. The number of allylic oxidation sites excluding steroid dienone is 5. The summed E-state index contributed by atoms with van der Waals surface area (Å²) in [4.78, 5) is 4.82. The van der Waals surface area contributed by atoms with Gasteiger partial charge in [0, 0.05) is 43.6 Å². The van der Waals surface area contributed by atoms with E-state index < -0.39 is 0 Å². The van der Waals surface area contributed by atoms with E-state index in [0.717, 1.165) is 13.0 Å². The predicted octanol–water partition coefficient (Wildman–Crippen LogP) is 3.27. The van der Waals surface area contributed by atoms with Gasteiger partial charge in [0.1, 0.15) is 0 Å². The van der Waals surface area contributed by atoms with Crippen molar-refractivity contribution in [3.8, 4) is 0 Å². The molecular weight excluding hydrogens is 296 g/mol. The summed E-state index contributed by atoms with van der Waals surface area (Å²) in [5, 5.41) is 7.05. The van der Waals surface area contributed by atoms with Crippen LogP contribution in [0.25, 0.3) is 0 Å². The fourth-order valence-corrected chi connectivity index (χ4v) is 4.07. The van der Waals surface area contributed by atoms with E-state index in [1.807, 2.05) is 6.08 Å². The van der Waals surface area contributed by atoms with Crippen LogP contribution in [0.5, 0.6) is 0 Å². The van der Waals surface area contributed by atoms with Gasteiger partial charge in [-0.25, -0.2) is 0 Å². The molecule has 1 fully saturated rings. The van der Waals surface area contributed by atoms with Crippen molar-refractivity contribution in [1.29, 1.82) is 0 Å². The lowest BCUT2D eigenvalue weighted by Gasteiger charge is -2.28. The normalized spacial score (nSPS) is 22.2. The van der Waals surface area contributed by atoms with Crippen molar-refractivity contribution in [2.24, 2.45) is 5.92 Å². The molecule has 0 bridgehead atoms. The molecule has 0 radical (unpaired) electrons. The molecule has 0 aromatic heterocycles. The quantitative estimate of drug-likeness (QED) is 0.635. The van der Waals surface area contributed by atoms with E-state index in [4.69, 9.17) is 0 Å². The highest BCUT2D eigenvalue weighted by Crippen LogP contribution is 2.36. The van der Waals surface area contributed by atoms with Gasteiger partial charge >= 0.3 is 0 Å². The van der Waals surface area contributed by atoms with Crippen molar-refractivity contribution >= 4 is 0 Å². The van der Waals surface area contributed by atoms with Crippen LogP contribution in [0.1, 0.15) is 46.0 Å². The van der Waals surface area contributed by atoms with Crippen molar-refractivity contribution in [3.63, 3.8) is 0 Å². The number of fused-ring (bicyclic) bond motifs is 1. The molecule has 2 aliphatic heterocycles. The third kappa shape index (κ3) is 4.15. The number of hydrogen-bond donors (Lipinski definition) is 2. The van der Waals surface area contributed by atoms with Crippen molar-refractivity contribution in [2.45, 2.75) is 52.1 Å². The summed E-state index contributed by atoms with van der Waals surface area (Å²) in [5.41, 5.74) is 5.66. The van der Waals surface area contributed by atoms with Gasteiger partial charge in [-0.05, 0) is 65.1 Å². The van der Waals surface area contributed by atoms with Crippen LogP contribution in [0.15, 0.2) is 35.3 Å². The maximum Gasteiger partial charge on any atom is 0.0986 e. The predicted molar refractivity (Wildman–Crippen MR) is 103 cm³/mol. The zero-order valence-electron chi connectivity index (χ0n) is 16.3. The smallest absolute Gasteiger partial charge is 0.0986 e. The first kappa shape index (κ1) is 18.9. The Morgan fingerprint density at radius 1 is 1.46 bits per heavy atom. The van der Waals surface area contributed by atoms with E-state index in [2.05, 4.69) is 62.0 Å². The first-order chi connectivity index (χ1) is 11.5. The lowest BCUT2D eigenvalue weighted by molar-refractivity contribution is 0.285.